The maximum absolute atomic E-state index is 12.2. The summed E-state index contributed by atoms with van der Waals surface area (Å²) in [5.74, 6) is -0.840. The van der Waals surface area contributed by atoms with Crippen molar-refractivity contribution in [2.24, 2.45) is 5.73 Å². The normalized spacial score (nSPS) is 11.2. The van der Waals surface area contributed by atoms with E-state index in [9.17, 15) is 13.2 Å². The van der Waals surface area contributed by atoms with Gasteiger partial charge in [-0.2, -0.15) is 0 Å². The fourth-order valence-electron chi connectivity index (χ4n) is 1.77. The predicted octanol–water partition coefficient (Wildman–Crippen LogP) is 1.47. The molecular formula is C14H13NO4S. The van der Waals surface area contributed by atoms with Crippen molar-refractivity contribution >= 4 is 15.7 Å². The van der Waals surface area contributed by atoms with Gasteiger partial charge < -0.3 is 10.8 Å². The van der Waals surface area contributed by atoms with E-state index in [-0.39, 0.29) is 22.0 Å². The number of phenolic OH excluding ortho intramolecular Hbond substituents is 1. The monoisotopic (exact) mass is 291 g/mol. The minimum Gasteiger partial charge on any atom is -0.508 e. The fraction of sp³-hybridized carbons (Fsp3) is 0.0714. The molecule has 0 bridgehead atoms. The summed E-state index contributed by atoms with van der Waals surface area (Å²) in [6.45, 7) is 0. The summed E-state index contributed by atoms with van der Waals surface area (Å²) in [7, 11) is -3.54. The van der Waals surface area contributed by atoms with Crippen LogP contribution in [-0.2, 0) is 15.6 Å². The van der Waals surface area contributed by atoms with Crippen molar-refractivity contribution < 1.29 is 18.3 Å². The number of primary amides is 1. The molecule has 2 rings (SSSR count). The highest BCUT2D eigenvalue weighted by atomic mass is 32.2. The average molecular weight is 291 g/mol. The molecule has 20 heavy (non-hydrogen) atoms. The summed E-state index contributed by atoms with van der Waals surface area (Å²) in [5, 5.41) is 9.16. The summed E-state index contributed by atoms with van der Waals surface area (Å²) < 4.78 is 24.4. The number of hydrogen-bond acceptors (Lipinski definition) is 4. The number of amides is 1. The lowest BCUT2D eigenvalue weighted by molar-refractivity contribution is 0.1000. The minimum absolute atomic E-state index is 0.000300. The Morgan fingerprint density at radius 1 is 1.10 bits per heavy atom. The van der Waals surface area contributed by atoms with E-state index in [0.717, 1.165) is 0 Å². The number of sulfone groups is 1. The van der Waals surface area contributed by atoms with Crippen LogP contribution in [0.3, 0.4) is 0 Å². The third-order valence-corrected chi connectivity index (χ3v) is 4.47. The zero-order chi connectivity index (χ0) is 14.8. The molecule has 0 aromatic heterocycles. The summed E-state index contributed by atoms with van der Waals surface area (Å²) in [6, 6.07) is 11.5. The highest BCUT2D eigenvalue weighted by Gasteiger charge is 2.16. The molecule has 0 saturated carbocycles. The number of hydrogen-bond donors (Lipinski definition) is 2. The first-order valence-electron chi connectivity index (χ1n) is 5.79. The Balaban J connectivity index is 2.31. The topological polar surface area (TPSA) is 97.5 Å². The number of benzene rings is 2. The first-order chi connectivity index (χ1) is 9.38. The van der Waals surface area contributed by atoms with Crippen molar-refractivity contribution in [2.45, 2.75) is 10.6 Å². The van der Waals surface area contributed by atoms with Crippen LogP contribution in [0.1, 0.15) is 15.9 Å². The number of rotatable bonds is 4. The molecule has 0 atom stereocenters. The van der Waals surface area contributed by atoms with E-state index < -0.39 is 15.7 Å². The van der Waals surface area contributed by atoms with Crippen LogP contribution in [-0.4, -0.2) is 19.4 Å². The molecule has 5 nitrogen and oxygen atoms in total. The number of nitrogens with two attached hydrogens (primary N) is 1. The van der Waals surface area contributed by atoms with Crippen LogP contribution >= 0.6 is 0 Å². The minimum atomic E-state index is -3.54. The fourth-order valence-corrected chi connectivity index (χ4v) is 3.11. The summed E-state index contributed by atoms with van der Waals surface area (Å²) in [5.41, 5.74) is 5.91. The average Bonchev–Trinajstić information content (AvgIpc) is 2.39. The van der Waals surface area contributed by atoms with Crippen LogP contribution in [0.15, 0.2) is 53.4 Å². The highest BCUT2D eigenvalue weighted by Crippen LogP contribution is 2.19. The number of carbonyl (C=O) groups is 1. The molecule has 0 aliphatic heterocycles. The molecule has 0 heterocycles. The van der Waals surface area contributed by atoms with E-state index in [1.165, 1.54) is 36.4 Å². The molecule has 3 N–H and O–H groups in total. The van der Waals surface area contributed by atoms with Gasteiger partial charge in [-0.25, -0.2) is 8.42 Å². The van der Waals surface area contributed by atoms with Crippen LogP contribution in [0, 0.1) is 0 Å². The third-order valence-electron chi connectivity index (χ3n) is 2.76. The Morgan fingerprint density at radius 3 is 2.35 bits per heavy atom. The van der Waals surface area contributed by atoms with Crippen LogP contribution < -0.4 is 5.73 Å². The maximum Gasteiger partial charge on any atom is 0.248 e. The van der Waals surface area contributed by atoms with Crippen LogP contribution in [0.5, 0.6) is 5.75 Å². The Kier molecular flexibility index (Phi) is 3.76. The lowest BCUT2D eigenvalue weighted by Crippen LogP contribution is -2.12. The summed E-state index contributed by atoms with van der Waals surface area (Å²) >= 11 is 0. The largest absolute Gasteiger partial charge is 0.508 e. The van der Waals surface area contributed by atoms with E-state index in [0.29, 0.717) is 5.56 Å². The van der Waals surface area contributed by atoms with Gasteiger partial charge in [-0.1, -0.05) is 12.1 Å². The molecule has 1 amide bonds. The maximum atomic E-state index is 12.2. The van der Waals surface area contributed by atoms with Gasteiger partial charge in [-0.15, -0.1) is 0 Å². The predicted molar refractivity (Wildman–Crippen MR) is 74.0 cm³/mol. The standard InChI is InChI=1S/C14H13NO4S/c15-14(17)11-3-1-2-10(8-11)9-20(18,19)13-6-4-12(16)5-7-13/h1-8,16H,9H2,(H2,15,17). The Morgan fingerprint density at radius 2 is 1.75 bits per heavy atom. The molecule has 0 saturated heterocycles. The molecule has 2 aromatic rings. The Hall–Kier alpha value is -2.34. The lowest BCUT2D eigenvalue weighted by atomic mass is 10.1. The van der Waals surface area contributed by atoms with E-state index >= 15 is 0 Å². The SMILES string of the molecule is NC(=O)c1cccc(CS(=O)(=O)c2ccc(O)cc2)c1. The van der Waals surface area contributed by atoms with Crippen molar-refractivity contribution in [1.29, 1.82) is 0 Å². The first kappa shape index (κ1) is 14.1. The van der Waals surface area contributed by atoms with Crippen molar-refractivity contribution in [1.82, 2.24) is 0 Å². The smallest absolute Gasteiger partial charge is 0.248 e. The van der Waals surface area contributed by atoms with Crippen LogP contribution in [0.4, 0.5) is 0 Å². The van der Waals surface area contributed by atoms with Crippen molar-refractivity contribution in [3.05, 3.63) is 59.7 Å². The second kappa shape index (κ2) is 5.34. The van der Waals surface area contributed by atoms with Crippen molar-refractivity contribution in [3.8, 4) is 5.75 Å². The summed E-state index contributed by atoms with van der Waals surface area (Å²) in [4.78, 5) is 11.2. The zero-order valence-electron chi connectivity index (χ0n) is 10.5. The van der Waals surface area contributed by atoms with Gasteiger partial charge in [0.15, 0.2) is 9.84 Å². The third kappa shape index (κ3) is 3.16. The van der Waals surface area contributed by atoms with E-state index in [1.807, 2.05) is 0 Å². The lowest BCUT2D eigenvalue weighted by Gasteiger charge is -2.06. The molecule has 0 radical (unpaired) electrons. The highest BCUT2D eigenvalue weighted by molar-refractivity contribution is 7.90. The molecule has 0 fully saturated rings. The van der Waals surface area contributed by atoms with Crippen molar-refractivity contribution in [2.75, 3.05) is 0 Å². The zero-order valence-corrected chi connectivity index (χ0v) is 11.3. The molecule has 0 unspecified atom stereocenters. The van der Waals surface area contributed by atoms with Gasteiger partial charge in [0.2, 0.25) is 5.91 Å². The van der Waals surface area contributed by atoms with E-state index in [4.69, 9.17) is 10.8 Å². The van der Waals surface area contributed by atoms with Crippen LogP contribution in [0.25, 0.3) is 0 Å². The van der Waals surface area contributed by atoms with Gasteiger partial charge in [0.05, 0.1) is 10.6 Å². The number of aromatic hydroxyl groups is 1. The second-order valence-corrected chi connectivity index (χ2v) is 6.31. The number of carbonyl (C=O) groups excluding carboxylic acids is 1. The van der Waals surface area contributed by atoms with Gasteiger partial charge in [-0.05, 0) is 42.0 Å². The molecule has 6 heteroatoms. The first-order valence-corrected chi connectivity index (χ1v) is 7.44. The van der Waals surface area contributed by atoms with Crippen LogP contribution in [0.2, 0.25) is 0 Å². The quantitative estimate of drug-likeness (QED) is 0.891. The molecule has 0 aliphatic rings. The second-order valence-electron chi connectivity index (χ2n) is 4.32. The van der Waals surface area contributed by atoms with Gasteiger partial charge in [0.25, 0.3) is 0 Å². The molecule has 0 aliphatic carbocycles. The van der Waals surface area contributed by atoms with Gasteiger partial charge in [0.1, 0.15) is 5.75 Å². The summed E-state index contributed by atoms with van der Waals surface area (Å²) in [6.07, 6.45) is 0. The van der Waals surface area contributed by atoms with Gasteiger partial charge >= 0.3 is 0 Å². The molecular weight excluding hydrogens is 278 g/mol. The molecule has 104 valence electrons. The molecule has 0 spiro atoms. The van der Waals surface area contributed by atoms with Crippen molar-refractivity contribution in [3.63, 3.8) is 0 Å². The Bertz CT molecular complexity index is 736. The van der Waals surface area contributed by atoms with E-state index in [2.05, 4.69) is 0 Å². The Labute approximate surface area is 116 Å². The molecule has 2 aromatic carbocycles. The number of phenols is 1. The van der Waals surface area contributed by atoms with Gasteiger partial charge in [-0.3, -0.25) is 4.79 Å². The van der Waals surface area contributed by atoms with E-state index in [1.54, 1.807) is 12.1 Å². The van der Waals surface area contributed by atoms with Gasteiger partial charge in [0, 0.05) is 5.56 Å².